The lowest BCUT2D eigenvalue weighted by atomic mass is 10.0. The van der Waals surface area contributed by atoms with E-state index in [4.69, 9.17) is 9.47 Å². The van der Waals surface area contributed by atoms with Gasteiger partial charge in [-0.3, -0.25) is 4.90 Å². The van der Waals surface area contributed by atoms with E-state index in [2.05, 4.69) is 40.9 Å². The first-order valence-corrected chi connectivity index (χ1v) is 8.42. The molecule has 0 amide bonds. The maximum atomic E-state index is 5.62. The van der Waals surface area contributed by atoms with Crippen LogP contribution in [0.2, 0.25) is 0 Å². The van der Waals surface area contributed by atoms with Crippen LogP contribution in [0.4, 0.5) is 0 Å². The molecule has 1 aromatic carbocycles. The van der Waals surface area contributed by atoms with Crippen molar-refractivity contribution in [3.63, 3.8) is 0 Å². The third kappa shape index (κ3) is 3.37. The van der Waals surface area contributed by atoms with Crippen molar-refractivity contribution in [2.45, 2.75) is 30.9 Å². The van der Waals surface area contributed by atoms with E-state index < -0.39 is 0 Å². The zero-order valence-corrected chi connectivity index (χ0v) is 12.9. The minimum absolute atomic E-state index is 0.672. The lowest BCUT2D eigenvalue weighted by Crippen LogP contribution is -2.51. The van der Waals surface area contributed by atoms with Gasteiger partial charge in [-0.25, -0.2) is 0 Å². The number of methoxy groups -OCH3 is 1. The number of thioether (sulfide) groups is 1. The smallest absolute Gasteiger partial charge is 0.0713 e. The van der Waals surface area contributed by atoms with E-state index in [1.54, 1.807) is 7.11 Å². The summed E-state index contributed by atoms with van der Waals surface area (Å²) in [6.07, 6.45) is 1.18. The molecular formula is C16H23NO2S. The molecule has 0 bridgehead atoms. The Balaban J connectivity index is 1.63. The van der Waals surface area contributed by atoms with Gasteiger partial charge in [0.25, 0.3) is 0 Å². The summed E-state index contributed by atoms with van der Waals surface area (Å²) in [5.41, 5.74) is 2.65. The third-order valence-corrected chi connectivity index (χ3v) is 5.46. The summed E-state index contributed by atoms with van der Waals surface area (Å²) in [7, 11) is 1.74. The summed E-state index contributed by atoms with van der Waals surface area (Å²) in [4.78, 5) is 2.65. The van der Waals surface area contributed by atoms with Gasteiger partial charge >= 0.3 is 0 Å². The van der Waals surface area contributed by atoms with Gasteiger partial charge < -0.3 is 9.47 Å². The highest BCUT2D eigenvalue weighted by Crippen LogP contribution is 2.31. The average Bonchev–Trinajstić information content (AvgIpc) is 2.50. The zero-order valence-electron chi connectivity index (χ0n) is 12.1. The van der Waals surface area contributed by atoms with Crippen molar-refractivity contribution in [2.24, 2.45) is 0 Å². The number of nitrogens with zero attached hydrogens (tertiary/aromatic N) is 1. The number of rotatable bonds is 4. The zero-order chi connectivity index (χ0) is 13.8. The molecule has 2 aliphatic rings. The van der Waals surface area contributed by atoms with E-state index in [0.29, 0.717) is 17.9 Å². The summed E-state index contributed by atoms with van der Waals surface area (Å²) in [6, 6.07) is 9.54. The quantitative estimate of drug-likeness (QED) is 0.850. The van der Waals surface area contributed by atoms with Crippen molar-refractivity contribution in [1.29, 1.82) is 0 Å². The van der Waals surface area contributed by atoms with Gasteiger partial charge in [-0.15, -0.1) is 0 Å². The second-order valence-corrected chi connectivity index (χ2v) is 6.91. The molecule has 3 rings (SSSR count). The average molecular weight is 293 g/mol. The van der Waals surface area contributed by atoms with Crippen LogP contribution in [0.25, 0.3) is 0 Å². The van der Waals surface area contributed by atoms with Gasteiger partial charge in [-0.1, -0.05) is 24.3 Å². The molecule has 0 N–H and O–H groups in total. The number of benzene rings is 1. The summed E-state index contributed by atoms with van der Waals surface area (Å²) in [6.45, 7) is 4.81. The van der Waals surface area contributed by atoms with Crippen molar-refractivity contribution in [2.75, 3.05) is 32.6 Å². The van der Waals surface area contributed by atoms with E-state index in [-0.39, 0.29) is 0 Å². The Kier molecular flexibility index (Phi) is 4.99. The van der Waals surface area contributed by atoms with Crippen molar-refractivity contribution >= 4 is 11.8 Å². The van der Waals surface area contributed by atoms with E-state index in [9.17, 15) is 0 Å². The molecule has 0 spiro atoms. The molecule has 0 aliphatic carbocycles. The fourth-order valence-corrected chi connectivity index (χ4v) is 4.47. The van der Waals surface area contributed by atoms with Crippen LogP contribution in [0.15, 0.2) is 24.3 Å². The summed E-state index contributed by atoms with van der Waals surface area (Å²) in [5, 5.41) is 0.672. The maximum Gasteiger partial charge on any atom is 0.0713 e. The molecule has 2 fully saturated rings. The highest BCUT2D eigenvalue weighted by molar-refractivity contribution is 8.00. The van der Waals surface area contributed by atoms with Crippen molar-refractivity contribution in [3.8, 4) is 0 Å². The second kappa shape index (κ2) is 6.94. The first-order valence-electron chi connectivity index (χ1n) is 7.37. The molecule has 20 heavy (non-hydrogen) atoms. The predicted molar refractivity (Wildman–Crippen MR) is 83.0 cm³/mol. The molecule has 2 saturated heterocycles. The van der Waals surface area contributed by atoms with Gasteiger partial charge in [-0.05, 0) is 17.5 Å². The SMILES string of the molecule is COCc1ccc(CN2CCS[C@@H]3COCC[C@@H]32)cc1. The van der Waals surface area contributed by atoms with E-state index in [0.717, 1.165) is 19.8 Å². The molecule has 2 heterocycles. The van der Waals surface area contributed by atoms with E-state index in [1.807, 2.05) is 0 Å². The summed E-state index contributed by atoms with van der Waals surface area (Å²) in [5.74, 6) is 1.23. The summed E-state index contributed by atoms with van der Waals surface area (Å²) < 4.78 is 10.8. The largest absolute Gasteiger partial charge is 0.380 e. The fourth-order valence-electron chi connectivity index (χ4n) is 3.10. The van der Waals surface area contributed by atoms with Crippen molar-refractivity contribution in [3.05, 3.63) is 35.4 Å². The Bertz CT molecular complexity index is 421. The molecule has 0 radical (unpaired) electrons. The van der Waals surface area contributed by atoms with Gasteiger partial charge in [0.15, 0.2) is 0 Å². The molecule has 0 unspecified atom stereocenters. The molecular weight excluding hydrogens is 270 g/mol. The Morgan fingerprint density at radius 1 is 1.30 bits per heavy atom. The van der Waals surface area contributed by atoms with Crippen LogP contribution < -0.4 is 0 Å². The molecule has 1 aromatic rings. The lowest BCUT2D eigenvalue weighted by molar-refractivity contribution is 0.0351. The van der Waals surface area contributed by atoms with E-state index >= 15 is 0 Å². The second-order valence-electron chi connectivity index (χ2n) is 5.56. The third-order valence-electron chi connectivity index (χ3n) is 4.17. The predicted octanol–water partition coefficient (Wildman–Crippen LogP) is 2.54. The van der Waals surface area contributed by atoms with Gasteiger partial charge in [0, 0.05) is 43.9 Å². The Labute approximate surface area is 125 Å². The van der Waals surface area contributed by atoms with Crippen LogP contribution in [0.5, 0.6) is 0 Å². The molecule has 2 aliphatic heterocycles. The Morgan fingerprint density at radius 3 is 2.90 bits per heavy atom. The number of ether oxygens (including phenoxy) is 2. The molecule has 2 atom stereocenters. The number of fused-ring (bicyclic) bond motifs is 1. The highest BCUT2D eigenvalue weighted by atomic mass is 32.2. The molecule has 0 aromatic heterocycles. The molecule has 110 valence electrons. The first kappa shape index (κ1) is 14.4. The topological polar surface area (TPSA) is 21.7 Å². The Hall–Kier alpha value is -0.550. The van der Waals surface area contributed by atoms with Crippen LogP contribution in [-0.2, 0) is 22.6 Å². The number of hydrogen-bond donors (Lipinski definition) is 0. The molecule has 4 heteroatoms. The normalized spacial score (nSPS) is 27.2. The summed E-state index contributed by atoms with van der Waals surface area (Å²) >= 11 is 2.09. The standard InChI is InChI=1S/C16H23NO2S/c1-18-11-14-4-2-13(3-5-14)10-17-7-9-20-16-12-19-8-6-15(16)17/h2-5,15-16H,6-12H2,1H3/t15-,16+/m0/s1. The van der Waals surface area contributed by atoms with Crippen LogP contribution in [0.1, 0.15) is 17.5 Å². The highest BCUT2D eigenvalue weighted by Gasteiger charge is 2.34. The molecule has 3 nitrogen and oxygen atoms in total. The van der Waals surface area contributed by atoms with Crippen molar-refractivity contribution < 1.29 is 9.47 Å². The lowest BCUT2D eigenvalue weighted by Gasteiger charge is -2.43. The van der Waals surface area contributed by atoms with Gasteiger partial charge in [0.05, 0.1) is 13.2 Å². The van der Waals surface area contributed by atoms with Crippen LogP contribution in [0, 0.1) is 0 Å². The minimum Gasteiger partial charge on any atom is -0.380 e. The van der Waals surface area contributed by atoms with Gasteiger partial charge in [0.1, 0.15) is 0 Å². The first-order chi connectivity index (χ1) is 9.86. The van der Waals surface area contributed by atoms with Crippen LogP contribution in [0.3, 0.4) is 0 Å². The number of hydrogen-bond acceptors (Lipinski definition) is 4. The monoisotopic (exact) mass is 293 g/mol. The van der Waals surface area contributed by atoms with Crippen molar-refractivity contribution in [1.82, 2.24) is 4.90 Å². The minimum atomic E-state index is 0.672. The maximum absolute atomic E-state index is 5.62. The Morgan fingerprint density at radius 2 is 2.10 bits per heavy atom. The van der Waals surface area contributed by atoms with E-state index in [1.165, 1.54) is 29.8 Å². The van der Waals surface area contributed by atoms with Crippen LogP contribution in [-0.4, -0.2) is 48.8 Å². The fraction of sp³-hybridized carbons (Fsp3) is 0.625. The molecule has 0 saturated carbocycles. The van der Waals surface area contributed by atoms with Gasteiger partial charge in [-0.2, -0.15) is 11.8 Å². The van der Waals surface area contributed by atoms with Crippen LogP contribution >= 0.6 is 11.8 Å². The van der Waals surface area contributed by atoms with Gasteiger partial charge in [0.2, 0.25) is 0 Å².